The molecule has 0 heterocycles. The minimum atomic E-state index is 0.231. The molecule has 0 spiro atoms. The highest BCUT2D eigenvalue weighted by Gasteiger charge is 2.04. The number of benzene rings is 1. The number of hydrogen-bond acceptors (Lipinski definition) is 1. The summed E-state index contributed by atoms with van der Waals surface area (Å²) < 4.78 is 0. The van der Waals surface area contributed by atoms with Gasteiger partial charge in [-0.15, -0.1) is 0 Å². The largest absolute Gasteiger partial charge is 0.328 e. The molecule has 1 atom stereocenters. The van der Waals surface area contributed by atoms with Gasteiger partial charge in [0.15, 0.2) is 0 Å². The van der Waals surface area contributed by atoms with Crippen molar-refractivity contribution >= 4 is 17.2 Å². The lowest BCUT2D eigenvalue weighted by atomic mass is 9.98. The van der Waals surface area contributed by atoms with Crippen molar-refractivity contribution in [2.45, 2.75) is 39.2 Å². The fourth-order valence-electron chi connectivity index (χ4n) is 1.61. The standard InChI is InChI=1S/C14H20ClN/c1-4-12-9-13(7-8-14(12)15)10(2)5-6-11(3)16/h7-9,11H,2,4-6,16H2,1,3H3. The molecular weight excluding hydrogens is 218 g/mol. The molecule has 0 saturated carbocycles. The maximum absolute atomic E-state index is 6.08. The molecule has 1 aromatic carbocycles. The monoisotopic (exact) mass is 237 g/mol. The Hall–Kier alpha value is -0.790. The zero-order chi connectivity index (χ0) is 12.1. The Morgan fingerprint density at radius 2 is 2.19 bits per heavy atom. The van der Waals surface area contributed by atoms with Crippen LogP contribution in [0, 0.1) is 0 Å². The van der Waals surface area contributed by atoms with E-state index >= 15 is 0 Å². The third-order valence-electron chi connectivity index (χ3n) is 2.74. The minimum Gasteiger partial charge on any atom is -0.328 e. The van der Waals surface area contributed by atoms with E-state index < -0.39 is 0 Å². The number of allylic oxidation sites excluding steroid dienone is 1. The highest BCUT2D eigenvalue weighted by Crippen LogP contribution is 2.24. The van der Waals surface area contributed by atoms with Crippen molar-refractivity contribution in [2.75, 3.05) is 0 Å². The van der Waals surface area contributed by atoms with Gasteiger partial charge >= 0.3 is 0 Å². The molecule has 1 unspecified atom stereocenters. The molecule has 0 aliphatic carbocycles. The van der Waals surface area contributed by atoms with Crippen molar-refractivity contribution in [2.24, 2.45) is 5.73 Å². The van der Waals surface area contributed by atoms with Crippen LogP contribution in [0.1, 0.15) is 37.8 Å². The number of aryl methyl sites for hydroxylation is 1. The van der Waals surface area contributed by atoms with Gasteiger partial charge in [-0.25, -0.2) is 0 Å². The second-order valence-corrected chi connectivity index (χ2v) is 4.69. The third-order valence-corrected chi connectivity index (χ3v) is 3.11. The summed E-state index contributed by atoms with van der Waals surface area (Å²) in [5.41, 5.74) is 9.24. The van der Waals surface area contributed by atoms with Gasteiger partial charge in [0, 0.05) is 11.1 Å². The summed E-state index contributed by atoms with van der Waals surface area (Å²) in [5, 5.41) is 0.839. The van der Waals surface area contributed by atoms with Crippen molar-refractivity contribution in [3.63, 3.8) is 0 Å². The van der Waals surface area contributed by atoms with E-state index in [0.29, 0.717) is 0 Å². The van der Waals surface area contributed by atoms with Gasteiger partial charge in [0.1, 0.15) is 0 Å². The Labute approximate surface area is 103 Å². The molecule has 2 heteroatoms. The molecular formula is C14H20ClN. The van der Waals surface area contributed by atoms with Gasteiger partial charge in [-0.1, -0.05) is 37.2 Å². The highest BCUT2D eigenvalue weighted by atomic mass is 35.5. The SMILES string of the molecule is C=C(CCC(C)N)c1ccc(Cl)c(CC)c1. The summed E-state index contributed by atoms with van der Waals surface area (Å²) in [6, 6.07) is 6.35. The fourth-order valence-corrected chi connectivity index (χ4v) is 1.86. The van der Waals surface area contributed by atoms with E-state index in [9.17, 15) is 0 Å². The normalized spacial score (nSPS) is 12.5. The van der Waals surface area contributed by atoms with Crippen LogP contribution in [0.15, 0.2) is 24.8 Å². The second-order valence-electron chi connectivity index (χ2n) is 4.28. The zero-order valence-corrected chi connectivity index (χ0v) is 10.8. The molecule has 0 aliphatic heterocycles. The van der Waals surface area contributed by atoms with Gasteiger partial charge < -0.3 is 5.73 Å². The maximum atomic E-state index is 6.08. The van der Waals surface area contributed by atoms with E-state index in [1.54, 1.807) is 0 Å². The highest BCUT2D eigenvalue weighted by molar-refractivity contribution is 6.31. The summed E-state index contributed by atoms with van der Waals surface area (Å²) in [5.74, 6) is 0. The average Bonchev–Trinajstić information content (AvgIpc) is 2.26. The Balaban J connectivity index is 2.76. The Kier molecular flexibility index (Phi) is 5.04. The molecule has 1 nitrogen and oxygen atoms in total. The molecule has 88 valence electrons. The lowest BCUT2D eigenvalue weighted by Crippen LogP contribution is -2.14. The van der Waals surface area contributed by atoms with E-state index in [1.165, 1.54) is 11.1 Å². The van der Waals surface area contributed by atoms with E-state index in [4.69, 9.17) is 17.3 Å². The van der Waals surface area contributed by atoms with Gasteiger partial charge in [-0.2, -0.15) is 0 Å². The van der Waals surface area contributed by atoms with Crippen molar-refractivity contribution in [1.29, 1.82) is 0 Å². The van der Waals surface area contributed by atoms with E-state index in [2.05, 4.69) is 19.6 Å². The molecule has 0 aromatic heterocycles. The van der Waals surface area contributed by atoms with Gasteiger partial charge in [0.2, 0.25) is 0 Å². The molecule has 0 amide bonds. The number of rotatable bonds is 5. The minimum absolute atomic E-state index is 0.231. The van der Waals surface area contributed by atoms with Crippen LogP contribution in [0.25, 0.3) is 5.57 Å². The molecule has 0 radical (unpaired) electrons. The van der Waals surface area contributed by atoms with Crippen molar-refractivity contribution < 1.29 is 0 Å². The van der Waals surface area contributed by atoms with Crippen LogP contribution in [0.4, 0.5) is 0 Å². The van der Waals surface area contributed by atoms with Gasteiger partial charge in [-0.05, 0) is 49.0 Å². The van der Waals surface area contributed by atoms with E-state index in [0.717, 1.165) is 29.9 Å². The van der Waals surface area contributed by atoms with Crippen LogP contribution in [0.3, 0.4) is 0 Å². The smallest absolute Gasteiger partial charge is 0.0438 e. The third kappa shape index (κ3) is 3.66. The van der Waals surface area contributed by atoms with Crippen LogP contribution in [0.5, 0.6) is 0 Å². The predicted molar refractivity (Wildman–Crippen MR) is 72.7 cm³/mol. The maximum Gasteiger partial charge on any atom is 0.0438 e. The Morgan fingerprint density at radius 3 is 2.75 bits per heavy atom. The zero-order valence-electron chi connectivity index (χ0n) is 10.1. The first-order chi connectivity index (χ1) is 7.54. The molecule has 2 N–H and O–H groups in total. The summed E-state index contributed by atoms with van der Waals surface area (Å²) in [4.78, 5) is 0. The van der Waals surface area contributed by atoms with Gasteiger partial charge in [0.25, 0.3) is 0 Å². The summed E-state index contributed by atoms with van der Waals surface area (Å²) in [6.07, 6.45) is 2.87. The first-order valence-electron chi connectivity index (χ1n) is 5.76. The Bertz CT molecular complexity index is 369. The summed E-state index contributed by atoms with van der Waals surface area (Å²) in [6.45, 7) is 8.23. The molecule has 1 rings (SSSR count). The Morgan fingerprint density at radius 1 is 1.50 bits per heavy atom. The predicted octanol–water partition coefficient (Wildman–Crippen LogP) is 4.04. The molecule has 0 saturated heterocycles. The number of halogens is 1. The molecule has 0 fully saturated rings. The second kappa shape index (κ2) is 6.07. The van der Waals surface area contributed by atoms with Crippen LogP contribution in [-0.4, -0.2) is 6.04 Å². The fraction of sp³-hybridized carbons (Fsp3) is 0.429. The van der Waals surface area contributed by atoms with Gasteiger partial charge in [0.05, 0.1) is 0 Å². The van der Waals surface area contributed by atoms with Crippen LogP contribution in [0.2, 0.25) is 5.02 Å². The number of nitrogens with two attached hydrogens (primary N) is 1. The molecule has 0 aliphatic rings. The topological polar surface area (TPSA) is 26.0 Å². The van der Waals surface area contributed by atoms with Gasteiger partial charge in [-0.3, -0.25) is 0 Å². The molecule has 1 aromatic rings. The van der Waals surface area contributed by atoms with Crippen LogP contribution >= 0.6 is 11.6 Å². The lowest BCUT2D eigenvalue weighted by molar-refractivity contribution is 0.682. The molecule has 0 bridgehead atoms. The summed E-state index contributed by atoms with van der Waals surface area (Å²) >= 11 is 6.08. The van der Waals surface area contributed by atoms with Crippen LogP contribution < -0.4 is 5.73 Å². The van der Waals surface area contributed by atoms with Crippen molar-refractivity contribution in [3.05, 3.63) is 40.9 Å². The molecule has 16 heavy (non-hydrogen) atoms. The summed E-state index contributed by atoms with van der Waals surface area (Å²) in [7, 11) is 0. The van der Waals surface area contributed by atoms with E-state index in [1.807, 2.05) is 19.1 Å². The van der Waals surface area contributed by atoms with E-state index in [-0.39, 0.29) is 6.04 Å². The first kappa shape index (κ1) is 13.3. The average molecular weight is 238 g/mol. The van der Waals surface area contributed by atoms with Crippen molar-refractivity contribution in [3.8, 4) is 0 Å². The van der Waals surface area contributed by atoms with Crippen LogP contribution in [-0.2, 0) is 6.42 Å². The lowest BCUT2D eigenvalue weighted by Gasteiger charge is -2.10. The van der Waals surface area contributed by atoms with Crippen molar-refractivity contribution in [1.82, 2.24) is 0 Å². The number of hydrogen-bond donors (Lipinski definition) is 1. The quantitative estimate of drug-likeness (QED) is 0.822. The first-order valence-corrected chi connectivity index (χ1v) is 6.14.